The Morgan fingerprint density at radius 1 is 1.36 bits per heavy atom. The van der Waals surface area contributed by atoms with Gasteiger partial charge in [-0.15, -0.1) is 0 Å². The number of nitrogens with one attached hydrogen (secondary N) is 1. The number of rotatable bonds is 6. The van der Waals surface area contributed by atoms with E-state index in [1.807, 2.05) is 6.92 Å². The van der Waals surface area contributed by atoms with Crippen molar-refractivity contribution in [3.05, 3.63) is 0 Å². The first-order valence-corrected chi connectivity index (χ1v) is 5.20. The highest BCUT2D eigenvalue weighted by atomic mass is 32.2. The zero-order chi connectivity index (χ0) is 8.53. The second-order valence-corrected chi connectivity index (χ2v) is 3.38. The van der Waals surface area contributed by atoms with Crippen molar-refractivity contribution in [2.45, 2.75) is 39.5 Å². The summed E-state index contributed by atoms with van der Waals surface area (Å²) in [7, 11) is 0. The van der Waals surface area contributed by atoms with Crippen LogP contribution in [0.1, 0.15) is 39.5 Å². The van der Waals surface area contributed by atoms with Gasteiger partial charge in [0.1, 0.15) is 0 Å². The fourth-order valence-corrected chi connectivity index (χ4v) is 1.42. The topological polar surface area (TPSA) is 29.1 Å². The number of hydrogen-bond acceptors (Lipinski definition) is 2. The van der Waals surface area contributed by atoms with Crippen molar-refractivity contribution >= 4 is 17.9 Å². The fourth-order valence-electron chi connectivity index (χ4n) is 0.626. The van der Waals surface area contributed by atoms with E-state index in [-0.39, 0.29) is 5.91 Å². The van der Waals surface area contributed by atoms with Crippen molar-refractivity contribution in [1.29, 1.82) is 0 Å². The molecule has 1 N–H and O–H groups in total. The van der Waals surface area contributed by atoms with Gasteiger partial charge in [0.05, 0.1) is 0 Å². The van der Waals surface area contributed by atoms with E-state index in [1.54, 1.807) is 0 Å². The smallest absolute Gasteiger partial charge is 0.229 e. The lowest BCUT2D eigenvalue weighted by molar-refractivity contribution is -0.119. The van der Waals surface area contributed by atoms with Crippen LogP contribution in [0, 0.1) is 0 Å². The molecule has 0 fully saturated rings. The van der Waals surface area contributed by atoms with Crippen LogP contribution < -0.4 is 4.72 Å². The second kappa shape index (κ2) is 7.92. The minimum Gasteiger partial charge on any atom is -0.300 e. The van der Waals surface area contributed by atoms with Crippen molar-refractivity contribution in [3.63, 3.8) is 0 Å². The molecule has 0 aliphatic heterocycles. The lowest BCUT2D eigenvalue weighted by Crippen LogP contribution is -2.15. The van der Waals surface area contributed by atoms with Gasteiger partial charge in [-0.25, -0.2) is 0 Å². The monoisotopic (exact) mass is 175 g/mol. The normalized spacial score (nSPS) is 9.64. The molecular weight excluding hydrogens is 158 g/mol. The Morgan fingerprint density at radius 3 is 2.64 bits per heavy atom. The summed E-state index contributed by atoms with van der Waals surface area (Å²) in [4.78, 5) is 10.9. The highest BCUT2D eigenvalue weighted by Gasteiger charge is 1.96. The van der Waals surface area contributed by atoms with E-state index in [4.69, 9.17) is 0 Å². The molecule has 0 aliphatic rings. The number of hydrogen-bond donors (Lipinski definition) is 1. The first kappa shape index (κ1) is 10.8. The van der Waals surface area contributed by atoms with Gasteiger partial charge in [0.15, 0.2) is 0 Å². The fraction of sp³-hybridized carbons (Fsp3) is 0.875. The average molecular weight is 175 g/mol. The van der Waals surface area contributed by atoms with Crippen LogP contribution in [0.4, 0.5) is 0 Å². The van der Waals surface area contributed by atoms with Crippen LogP contribution in [0.15, 0.2) is 0 Å². The molecule has 0 rings (SSSR count). The zero-order valence-corrected chi connectivity index (χ0v) is 8.17. The van der Waals surface area contributed by atoms with E-state index in [2.05, 4.69) is 11.6 Å². The third kappa shape index (κ3) is 7.72. The molecule has 0 atom stereocenters. The molecule has 0 spiro atoms. The van der Waals surface area contributed by atoms with E-state index in [0.717, 1.165) is 12.2 Å². The quantitative estimate of drug-likeness (QED) is 0.496. The largest absolute Gasteiger partial charge is 0.300 e. The summed E-state index contributed by atoms with van der Waals surface area (Å²) in [6.45, 7) is 4.16. The van der Waals surface area contributed by atoms with Crippen LogP contribution in [0.2, 0.25) is 0 Å². The average Bonchev–Trinajstić information content (AvgIpc) is 1.99. The minimum atomic E-state index is 0.161. The molecule has 0 aliphatic carbocycles. The highest BCUT2D eigenvalue weighted by molar-refractivity contribution is 7.97. The third-order valence-electron chi connectivity index (χ3n) is 1.26. The number of carbonyl (C=O) groups is 1. The summed E-state index contributed by atoms with van der Waals surface area (Å²) in [5.41, 5.74) is 0. The van der Waals surface area contributed by atoms with E-state index in [1.165, 1.54) is 24.8 Å². The zero-order valence-electron chi connectivity index (χ0n) is 7.35. The highest BCUT2D eigenvalue weighted by Crippen LogP contribution is 2.00. The predicted octanol–water partition coefficient (Wildman–Crippen LogP) is 2.35. The summed E-state index contributed by atoms with van der Waals surface area (Å²) in [6, 6.07) is 0. The summed E-state index contributed by atoms with van der Waals surface area (Å²) in [5.74, 6) is 1.19. The van der Waals surface area contributed by atoms with Gasteiger partial charge in [0, 0.05) is 12.2 Å². The maximum Gasteiger partial charge on any atom is 0.229 e. The first-order valence-electron chi connectivity index (χ1n) is 4.21. The molecule has 66 valence electrons. The van der Waals surface area contributed by atoms with Crippen molar-refractivity contribution in [2.24, 2.45) is 0 Å². The first-order chi connectivity index (χ1) is 5.31. The maximum atomic E-state index is 10.9. The Bertz CT molecular complexity index is 106. The molecule has 0 aromatic carbocycles. The molecule has 0 aromatic rings. The molecule has 0 unspecified atom stereocenters. The molecule has 1 amide bonds. The van der Waals surface area contributed by atoms with Crippen LogP contribution in [0.5, 0.6) is 0 Å². The van der Waals surface area contributed by atoms with Crippen molar-refractivity contribution < 1.29 is 4.79 Å². The number of carbonyl (C=O) groups excluding carboxylic acids is 1. The molecule has 0 saturated heterocycles. The van der Waals surface area contributed by atoms with E-state index in [9.17, 15) is 4.79 Å². The van der Waals surface area contributed by atoms with Gasteiger partial charge in [-0.3, -0.25) is 4.79 Å². The molecule has 0 saturated carbocycles. The summed E-state index contributed by atoms with van der Waals surface area (Å²) < 4.78 is 2.80. The van der Waals surface area contributed by atoms with Crippen LogP contribution in [-0.4, -0.2) is 11.7 Å². The Balaban J connectivity index is 3.04. The Hall–Kier alpha value is -0.180. The van der Waals surface area contributed by atoms with Crippen molar-refractivity contribution in [1.82, 2.24) is 4.72 Å². The molecule has 0 aromatic heterocycles. The maximum absolute atomic E-state index is 10.9. The molecule has 0 bridgehead atoms. The van der Waals surface area contributed by atoms with Crippen LogP contribution >= 0.6 is 11.9 Å². The number of unbranched alkanes of at least 4 members (excludes halogenated alkanes) is 1. The van der Waals surface area contributed by atoms with E-state index >= 15 is 0 Å². The van der Waals surface area contributed by atoms with Gasteiger partial charge in [-0.2, -0.15) is 0 Å². The number of amides is 1. The third-order valence-corrected chi connectivity index (χ3v) is 2.13. The minimum absolute atomic E-state index is 0.161. The summed E-state index contributed by atoms with van der Waals surface area (Å²) in [5, 5.41) is 0. The van der Waals surface area contributed by atoms with Gasteiger partial charge >= 0.3 is 0 Å². The Labute approximate surface area is 73.3 Å². The summed E-state index contributed by atoms with van der Waals surface area (Å²) >= 11 is 1.53. The predicted molar refractivity (Wildman–Crippen MR) is 50.4 cm³/mol. The van der Waals surface area contributed by atoms with Crippen LogP contribution in [0.25, 0.3) is 0 Å². The van der Waals surface area contributed by atoms with Crippen LogP contribution in [-0.2, 0) is 4.79 Å². The second-order valence-electron chi connectivity index (χ2n) is 2.48. The molecule has 2 nitrogen and oxygen atoms in total. The van der Waals surface area contributed by atoms with Gasteiger partial charge in [0.25, 0.3) is 0 Å². The molecular formula is C8H17NOS. The van der Waals surface area contributed by atoms with Crippen LogP contribution in [0.3, 0.4) is 0 Å². The lowest BCUT2D eigenvalue weighted by atomic mass is 10.3. The molecule has 0 heterocycles. The van der Waals surface area contributed by atoms with Gasteiger partial charge < -0.3 is 4.72 Å². The van der Waals surface area contributed by atoms with Crippen molar-refractivity contribution in [2.75, 3.05) is 5.75 Å². The lowest BCUT2D eigenvalue weighted by Gasteiger charge is -2.01. The Morgan fingerprint density at radius 2 is 2.09 bits per heavy atom. The summed E-state index contributed by atoms with van der Waals surface area (Å²) in [6.07, 6.45) is 3.95. The standard InChI is InChI=1S/C8H17NOS/c1-3-5-7-11-9-8(10)6-4-2/h3-7H2,1-2H3,(H,9,10). The SMILES string of the molecule is CCCCSNC(=O)CCC. The molecule has 11 heavy (non-hydrogen) atoms. The van der Waals surface area contributed by atoms with Gasteiger partial charge in [0.2, 0.25) is 5.91 Å². The van der Waals surface area contributed by atoms with Crippen molar-refractivity contribution in [3.8, 4) is 0 Å². The van der Waals surface area contributed by atoms with E-state index < -0.39 is 0 Å². The van der Waals surface area contributed by atoms with Gasteiger partial charge in [-0.1, -0.05) is 32.2 Å². The van der Waals surface area contributed by atoms with E-state index in [0.29, 0.717) is 6.42 Å². The Kier molecular flexibility index (Phi) is 7.79. The molecule has 0 radical (unpaired) electrons. The van der Waals surface area contributed by atoms with Gasteiger partial charge in [-0.05, 0) is 12.8 Å². The molecule has 3 heteroatoms.